The molecule has 30 heavy (non-hydrogen) atoms. The molecular formula is C20H24N6O4. The maximum absolute atomic E-state index is 12.5. The lowest BCUT2D eigenvalue weighted by Gasteiger charge is -2.23. The second-order valence-corrected chi connectivity index (χ2v) is 7.48. The molecule has 0 aliphatic carbocycles. The standard InChI is InChI=1S/C20H24N6O4/c1-20(2,22)19(29)23-14(11-30-10-12-6-4-3-5-7-12)17-24-25-18-15(27)8-13(16(21)28)9-26(17)18/h3-9,14,27H,10-11,22H2,1-2H3,(H2,21,28)(H,23,29)/t14-/m1/s1. The van der Waals surface area contributed by atoms with Gasteiger partial charge in [0.2, 0.25) is 17.5 Å². The minimum Gasteiger partial charge on any atom is -0.504 e. The van der Waals surface area contributed by atoms with E-state index in [0.29, 0.717) is 6.61 Å². The minimum atomic E-state index is -1.14. The third-order valence-electron chi connectivity index (χ3n) is 4.39. The summed E-state index contributed by atoms with van der Waals surface area (Å²) in [4.78, 5) is 24.1. The second-order valence-electron chi connectivity index (χ2n) is 7.48. The molecule has 3 aromatic rings. The van der Waals surface area contributed by atoms with Gasteiger partial charge in [-0.25, -0.2) is 0 Å². The van der Waals surface area contributed by atoms with E-state index in [1.54, 1.807) is 13.8 Å². The van der Waals surface area contributed by atoms with E-state index < -0.39 is 23.4 Å². The molecule has 10 heteroatoms. The van der Waals surface area contributed by atoms with Crippen molar-refractivity contribution in [1.29, 1.82) is 0 Å². The molecule has 0 aliphatic heterocycles. The average Bonchev–Trinajstić information content (AvgIpc) is 3.11. The van der Waals surface area contributed by atoms with Gasteiger partial charge in [0.1, 0.15) is 6.04 Å². The van der Waals surface area contributed by atoms with Crippen molar-refractivity contribution in [3.05, 3.63) is 59.5 Å². The SMILES string of the molecule is CC(C)(N)C(=O)N[C@H](COCc1ccccc1)c1nnc2c(O)cc(C(N)=O)cn12. The number of rotatable bonds is 8. The fraction of sp³-hybridized carbons (Fsp3) is 0.300. The van der Waals surface area contributed by atoms with Gasteiger partial charge in [-0.05, 0) is 25.5 Å². The Hall–Kier alpha value is -3.50. The lowest BCUT2D eigenvalue weighted by Crippen LogP contribution is -2.50. The number of nitrogens with zero attached hydrogens (tertiary/aromatic N) is 3. The van der Waals surface area contributed by atoms with Crippen LogP contribution in [0.5, 0.6) is 5.75 Å². The molecule has 3 rings (SSSR count). The van der Waals surface area contributed by atoms with Gasteiger partial charge in [0, 0.05) is 6.20 Å². The van der Waals surface area contributed by atoms with E-state index in [2.05, 4.69) is 15.5 Å². The minimum absolute atomic E-state index is 0.0546. The maximum Gasteiger partial charge on any atom is 0.250 e. The number of hydrogen-bond acceptors (Lipinski definition) is 7. The zero-order chi connectivity index (χ0) is 21.9. The van der Waals surface area contributed by atoms with Gasteiger partial charge in [-0.2, -0.15) is 0 Å². The van der Waals surface area contributed by atoms with Crippen molar-refractivity contribution in [1.82, 2.24) is 19.9 Å². The van der Waals surface area contributed by atoms with Gasteiger partial charge in [0.05, 0.1) is 24.3 Å². The van der Waals surface area contributed by atoms with Crippen molar-refractivity contribution in [3.8, 4) is 5.75 Å². The smallest absolute Gasteiger partial charge is 0.250 e. The normalized spacial score (nSPS) is 12.6. The molecule has 0 bridgehead atoms. The molecule has 158 valence electrons. The Morgan fingerprint density at radius 3 is 2.60 bits per heavy atom. The summed E-state index contributed by atoms with van der Waals surface area (Å²) in [5, 5.41) is 21.0. The first-order valence-electron chi connectivity index (χ1n) is 9.26. The third kappa shape index (κ3) is 4.73. The highest BCUT2D eigenvalue weighted by molar-refractivity contribution is 5.93. The summed E-state index contributed by atoms with van der Waals surface area (Å²) in [5.41, 5.74) is 11.2. The molecule has 0 saturated heterocycles. The number of pyridine rings is 1. The molecule has 10 nitrogen and oxygen atoms in total. The van der Waals surface area contributed by atoms with E-state index >= 15 is 0 Å². The monoisotopic (exact) mass is 412 g/mol. The van der Waals surface area contributed by atoms with Gasteiger partial charge < -0.3 is 26.6 Å². The predicted octanol–water partition coefficient (Wildman–Crippen LogP) is 0.645. The zero-order valence-corrected chi connectivity index (χ0v) is 16.7. The fourth-order valence-corrected chi connectivity index (χ4v) is 2.76. The first kappa shape index (κ1) is 21.2. The molecule has 6 N–H and O–H groups in total. The molecule has 1 atom stereocenters. The first-order chi connectivity index (χ1) is 14.2. The first-order valence-corrected chi connectivity index (χ1v) is 9.26. The fourth-order valence-electron chi connectivity index (χ4n) is 2.76. The van der Waals surface area contributed by atoms with Crippen LogP contribution in [0.3, 0.4) is 0 Å². The van der Waals surface area contributed by atoms with Crippen LogP contribution in [0.1, 0.15) is 41.6 Å². The Labute approximate surface area is 172 Å². The number of fused-ring (bicyclic) bond motifs is 1. The number of amides is 2. The van der Waals surface area contributed by atoms with Crippen LogP contribution in [0.2, 0.25) is 0 Å². The number of nitrogens with two attached hydrogens (primary N) is 2. The topological polar surface area (TPSA) is 158 Å². The van der Waals surface area contributed by atoms with Crippen molar-refractivity contribution in [3.63, 3.8) is 0 Å². The Morgan fingerprint density at radius 2 is 1.97 bits per heavy atom. The molecule has 0 unspecified atom stereocenters. The number of aromatic nitrogens is 3. The van der Waals surface area contributed by atoms with Gasteiger partial charge in [-0.3, -0.25) is 14.0 Å². The van der Waals surface area contributed by atoms with Crippen LogP contribution in [0.4, 0.5) is 0 Å². The molecule has 0 saturated carbocycles. The van der Waals surface area contributed by atoms with Crippen molar-refractivity contribution >= 4 is 17.5 Å². The van der Waals surface area contributed by atoms with Crippen LogP contribution < -0.4 is 16.8 Å². The number of aromatic hydroxyl groups is 1. The van der Waals surface area contributed by atoms with Gasteiger partial charge in [-0.15, -0.1) is 10.2 Å². The Morgan fingerprint density at radius 1 is 1.27 bits per heavy atom. The molecular weight excluding hydrogens is 388 g/mol. The molecule has 2 heterocycles. The highest BCUT2D eigenvalue weighted by Crippen LogP contribution is 2.23. The van der Waals surface area contributed by atoms with Crippen molar-refractivity contribution in [2.45, 2.75) is 32.0 Å². The lowest BCUT2D eigenvalue weighted by molar-refractivity contribution is -0.126. The highest BCUT2D eigenvalue weighted by atomic mass is 16.5. The zero-order valence-electron chi connectivity index (χ0n) is 16.7. The Kier molecular flexibility index (Phi) is 5.99. The number of hydrogen-bond donors (Lipinski definition) is 4. The summed E-state index contributed by atoms with van der Waals surface area (Å²) < 4.78 is 7.18. The number of primary amides is 1. The van der Waals surface area contributed by atoms with Gasteiger partial charge >= 0.3 is 0 Å². The predicted molar refractivity (Wildman–Crippen MR) is 108 cm³/mol. The molecule has 0 radical (unpaired) electrons. The summed E-state index contributed by atoms with van der Waals surface area (Å²) in [6.45, 7) is 3.51. The van der Waals surface area contributed by atoms with Crippen molar-refractivity contribution < 1.29 is 19.4 Å². The van der Waals surface area contributed by atoms with E-state index in [1.165, 1.54) is 16.7 Å². The number of carbonyl (C=O) groups is 2. The van der Waals surface area contributed by atoms with Crippen LogP contribution in [-0.4, -0.2) is 43.7 Å². The number of nitrogens with one attached hydrogen (secondary N) is 1. The third-order valence-corrected chi connectivity index (χ3v) is 4.39. The van der Waals surface area contributed by atoms with Gasteiger partial charge in [-0.1, -0.05) is 30.3 Å². The van der Waals surface area contributed by atoms with Crippen LogP contribution in [-0.2, 0) is 16.1 Å². The summed E-state index contributed by atoms with van der Waals surface area (Å²) in [7, 11) is 0. The lowest BCUT2D eigenvalue weighted by atomic mass is 10.1. The molecule has 0 spiro atoms. The number of benzene rings is 1. The maximum atomic E-state index is 12.5. The molecule has 1 aromatic carbocycles. The summed E-state index contributed by atoms with van der Waals surface area (Å²) in [5.74, 6) is -1.16. The van der Waals surface area contributed by atoms with E-state index in [-0.39, 0.29) is 29.4 Å². The molecule has 0 aliphatic rings. The second kappa shape index (κ2) is 8.47. The van der Waals surface area contributed by atoms with Crippen LogP contribution in [0, 0.1) is 0 Å². The van der Waals surface area contributed by atoms with Crippen molar-refractivity contribution in [2.75, 3.05) is 6.61 Å². The van der Waals surface area contributed by atoms with E-state index in [1.807, 2.05) is 30.3 Å². The Balaban J connectivity index is 1.92. The molecule has 2 aromatic heterocycles. The summed E-state index contributed by atoms with van der Waals surface area (Å²) >= 11 is 0. The number of carbonyl (C=O) groups excluding carboxylic acids is 2. The van der Waals surface area contributed by atoms with E-state index in [4.69, 9.17) is 16.2 Å². The molecule has 0 fully saturated rings. The molecule has 2 amide bonds. The van der Waals surface area contributed by atoms with Gasteiger partial charge in [0.15, 0.2) is 11.6 Å². The van der Waals surface area contributed by atoms with E-state index in [0.717, 1.165) is 5.56 Å². The average molecular weight is 412 g/mol. The van der Waals surface area contributed by atoms with Gasteiger partial charge in [0.25, 0.3) is 0 Å². The summed E-state index contributed by atoms with van der Waals surface area (Å²) in [6.07, 6.45) is 1.40. The quantitative estimate of drug-likeness (QED) is 0.423. The summed E-state index contributed by atoms with van der Waals surface area (Å²) in [6, 6.07) is 9.99. The highest BCUT2D eigenvalue weighted by Gasteiger charge is 2.28. The van der Waals surface area contributed by atoms with Crippen LogP contribution in [0.15, 0.2) is 42.6 Å². The van der Waals surface area contributed by atoms with Crippen LogP contribution >= 0.6 is 0 Å². The largest absolute Gasteiger partial charge is 0.504 e. The Bertz CT molecular complexity index is 1060. The van der Waals surface area contributed by atoms with E-state index in [9.17, 15) is 14.7 Å². The van der Waals surface area contributed by atoms with Crippen LogP contribution in [0.25, 0.3) is 5.65 Å². The number of ether oxygens (including phenoxy) is 1. The van der Waals surface area contributed by atoms with Crippen molar-refractivity contribution in [2.24, 2.45) is 11.5 Å².